The summed E-state index contributed by atoms with van der Waals surface area (Å²) in [6.07, 6.45) is -1.51. The van der Waals surface area contributed by atoms with Gasteiger partial charge in [-0.05, 0) is 16.7 Å². The van der Waals surface area contributed by atoms with Crippen molar-refractivity contribution in [2.45, 2.75) is 17.9 Å². The summed E-state index contributed by atoms with van der Waals surface area (Å²) in [7, 11) is -2.78. The summed E-state index contributed by atoms with van der Waals surface area (Å²) >= 11 is 0. The van der Waals surface area contributed by atoms with Gasteiger partial charge in [-0.25, -0.2) is 4.57 Å². The van der Waals surface area contributed by atoms with E-state index in [0.29, 0.717) is 16.7 Å². The molecule has 0 bridgehead atoms. The van der Waals surface area contributed by atoms with Gasteiger partial charge >= 0.3 is 13.8 Å². The second-order valence-corrected chi connectivity index (χ2v) is 8.74. The Balaban J connectivity index is 2.36. The van der Waals surface area contributed by atoms with E-state index in [1.807, 2.05) is 12.1 Å². The molecule has 0 aliphatic heterocycles. The van der Waals surface area contributed by atoms with Gasteiger partial charge in [0, 0.05) is 9.47 Å². The molecule has 3 aromatic rings. The summed E-state index contributed by atoms with van der Waals surface area (Å²) in [6, 6.07) is 26.8. The van der Waals surface area contributed by atoms with E-state index in [2.05, 4.69) is 4.31 Å². The lowest BCUT2D eigenvalue weighted by molar-refractivity contribution is -0.139. The second-order valence-electron chi connectivity index (χ2n) is 6.74. The van der Waals surface area contributed by atoms with E-state index in [9.17, 15) is 19.4 Å². The first-order valence-electron chi connectivity index (χ1n) is 9.16. The molecule has 3 unspecified atom stereocenters. The molecule has 0 amide bonds. The number of carbonyl (C=O) groups is 1. The lowest BCUT2D eigenvalue weighted by Gasteiger charge is -2.41. The van der Waals surface area contributed by atoms with Gasteiger partial charge in [0.05, 0.1) is 11.8 Å². The molecule has 6 nitrogen and oxygen atoms in total. The highest BCUT2D eigenvalue weighted by molar-refractivity contribution is 7.52. The zero-order valence-electron chi connectivity index (χ0n) is 16.0. The summed E-state index contributed by atoms with van der Waals surface area (Å²) in [5, 5.41) is 9.90. The summed E-state index contributed by atoms with van der Waals surface area (Å²) in [5.41, 5.74) is 0.507. The zero-order chi connectivity index (χ0) is 21.6. The zero-order valence-corrected chi connectivity index (χ0v) is 18.0. The minimum absolute atomic E-state index is 0.378. The van der Waals surface area contributed by atoms with E-state index in [4.69, 9.17) is 4.52 Å². The van der Waals surface area contributed by atoms with Crippen molar-refractivity contribution < 1.29 is 28.2 Å². The van der Waals surface area contributed by atoms with Crippen molar-refractivity contribution >= 4 is 23.3 Å². The van der Waals surface area contributed by atoms with Crippen LogP contribution in [0.3, 0.4) is 0 Å². The Hall–Kier alpha value is -2.33. The number of carboxylic acid groups (broad SMARTS) is 1. The first kappa shape index (κ1) is 22.4. The molecular weight excluding hydrogens is 422 g/mol. The third kappa shape index (κ3) is 4.86. The van der Waals surface area contributed by atoms with Crippen LogP contribution in [0, 0.1) is 0 Å². The third-order valence-corrected chi connectivity index (χ3v) is 6.47. The van der Waals surface area contributed by atoms with Gasteiger partial charge in [-0.2, -0.15) is 0 Å². The van der Waals surface area contributed by atoms with Crippen molar-refractivity contribution in [1.29, 1.82) is 0 Å². The van der Waals surface area contributed by atoms with Crippen LogP contribution in [0.25, 0.3) is 0 Å². The number of rotatable bonds is 9. The van der Waals surface area contributed by atoms with Crippen LogP contribution >= 0.6 is 17.3 Å². The van der Waals surface area contributed by atoms with Crippen LogP contribution in [-0.2, 0) is 23.6 Å². The molecule has 0 aliphatic carbocycles. The molecule has 3 aromatic carbocycles. The third-order valence-electron chi connectivity index (χ3n) is 4.93. The Bertz CT molecular complexity index is 972. The van der Waals surface area contributed by atoms with Crippen molar-refractivity contribution in [3.05, 3.63) is 108 Å². The van der Waals surface area contributed by atoms with Crippen molar-refractivity contribution in [1.82, 2.24) is 0 Å². The van der Waals surface area contributed by atoms with E-state index >= 15 is 0 Å². The number of aliphatic carboxylic acids is 1. The number of phosphoric acid groups is 1. The van der Waals surface area contributed by atoms with Gasteiger partial charge in [0.2, 0.25) is 0 Å². The van der Waals surface area contributed by atoms with Crippen LogP contribution in [-0.4, -0.2) is 16.0 Å². The summed E-state index contributed by atoms with van der Waals surface area (Å²) in [4.78, 5) is 22.3. The van der Waals surface area contributed by atoms with Gasteiger partial charge in [0.25, 0.3) is 0 Å². The average Bonchev–Trinajstić information content (AvgIpc) is 2.78. The van der Waals surface area contributed by atoms with Crippen LogP contribution in [0.2, 0.25) is 0 Å². The highest BCUT2D eigenvalue weighted by Gasteiger charge is 2.48. The van der Waals surface area contributed by atoms with Crippen molar-refractivity contribution in [3.8, 4) is 0 Å². The predicted octanol–water partition coefficient (Wildman–Crippen LogP) is 5.11. The molecule has 0 spiro atoms. The topological polar surface area (TPSA) is 93.1 Å². The van der Waals surface area contributed by atoms with E-state index in [-0.39, 0.29) is 6.42 Å². The average molecular weight is 444 g/mol. The lowest BCUT2D eigenvalue weighted by Crippen LogP contribution is -2.38. The van der Waals surface area contributed by atoms with E-state index in [0.717, 1.165) is 0 Å². The maximum atomic E-state index is 12.5. The monoisotopic (exact) mass is 444 g/mol. The molecule has 3 rings (SSSR count). The van der Waals surface area contributed by atoms with Crippen molar-refractivity contribution in [3.63, 3.8) is 0 Å². The van der Waals surface area contributed by atoms with Gasteiger partial charge in [0.15, 0.2) is 0 Å². The Labute approximate surface area is 177 Å². The fraction of sp³-hybridized carbons (Fsp3) is 0.136. The normalized spacial score (nSPS) is 14.6. The molecule has 0 heterocycles. The highest BCUT2D eigenvalue weighted by atomic mass is 31.2. The largest absolute Gasteiger partial charge is 0.481 e. The molecule has 0 radical (unpaired) electrons. The Morgan fingerprint density at radius 1 is 0.900 bits per heavy atom. The number of hydrogen-bond acceptors (Lipinski definition) is 4. The van der Waals surface area contributed by atoms with E-state index in [1.54, 1.807) is 88.3 Å². The molecule has 0 fully saturated rings. The standard InChI is InChI=1S/C22H22O6P2/c23-20(24)16-22(18-12-6-2-7-13-18,19-14-8-3-9-15-19)21(27-30(25,26)28-29)17-10-4-1-5-11-17/h1-15,21H,16,29H2,(H,23,24)(H,25,26). The number of carboxylic acids is 1. The molecule has 0 saturated carbocycles. The molecule has 3 atom stereocenters. The summed E-state index contributed by atoms with van der Waals surface area (Å²) in [5.74, 6) is -1.08. The fourth-order valence-corrected chi connectivity index (χ4v) is 4.46. The Kier molecular flexibility index (Phi) is 7.19. The number of phosphoric ester groups is 1. The fourth-order valence-electron chi connectivity index (χ4n) is 3.70. The first-order valence-corrected chi connectivity index (χ1v) is 11.1. The Morgan fingerprint density at radius 2 is 1.33 bits per heavy atom. The minimum Gasteiger partial charge on any atom is -0.481 e. The summed E-state index contributed by atoms with van der Waals surface area (Å²) in [6.45, 7) is 0. The molecule has 0 saturated heterocycles. The van der Waals surface area contributed by atoms with Gasteiger partial charge < -0.3 is 10.00 Å². The van der Waals surface area contributed by atoms with E-state index < -0.39 is 25.3 Å². The predicted molar refractivity (Wildman–Crippen MR) is 117 cm³/mol. The Morgan fingerprint density at radius 3 is 1.73 bits per heavy atom. The van der Waals surface area contributed by atoms with Gasteiger partial charge in [-0.15, -0.1) is 0 Å². The van der Waals surface area contributed by atoms with Crippen LogP contribution in [0.15, 0.2) is 91.0 Å². The molecule has 156 valence electrons. The van der Waals surface area contributed by atoms with E-state index in [1.165, 1.54) is 0 Å². The maximum absolute atomic E-state index is 12.5. The number of benzene rings is 3. The highest BCUT2D eigenvalue weighted by Crippen LogP contribution is 2.57. The minimum atomic E-state index is -4.51. The van der Waals surface area contributed by atoms with Gasteiger partial charge in [0.1, 0.15) is 6.10 Å². The van der Waals surface area contributed by atoms with Crippen LogP contribution in [0.4, 0.5) is 0 Å². The van der Waals surface area contributed by atoms with Gasteiger partial charge in [-0.1, -0.05) is 91.0 Å². The first-order chi connectivity index (χ1) is 14.4. The second kappa shape index (κ2) is 9.65. The molecular formula is C22H22O6P2. The maximum Gasteiger partial charge on any atom is 0.475 e. The summed E-state index contributed by atoms with van der Waals surface area (Å²) < 4.78 is 22.8. The molecule has 0 aliphatic rings. The van der Waals surface area contributed by atoms with Crippen molar-refractivity contribution in [2.75, 3.05) is 0 Å². The quantitative estimate of drug-likeness (QED) is 0.446. The molecule has 0 aromatic heterocycles. The smallest absolute Gasteiger partial charge is 0.475 e. The van der Waals surface area contributed by atoms with Crippen LogP contribution in [0.5, 0.6) is 0 Å². The van der Waals surface area contributed by atoms with Gasteiger partial charge in [-0.3, -0.25) is 13.6 Å². The van der Waals surface area contributed by atoms with Crippen molar-refractivity contribution in [2.24, 2.45) is 0 Å². The van der Waals surface area contributed by atoms with Crippen LogP contribution < -0.4 is 0 Å². The number of hydrogen-bond donors (Lipinski definition) is 2. The SMILES string of the molecule is O=C(O)CC(c1ccccc1)(c1ccccc1)C(OP(=O)(O)OP)c1ccccc1. The van der Waals surface area contributed by atoms with Crippen LogP contribution in [0.1, 0.15) is 29.2 Å². The lowest BCUT2D eigenvalue weighted by atomic mass is 9.66. The molecule has 8 heteroatoms. The molecule has 30 heavy (non-hydrogen) atoms. The molecule has 2 N–H and O–H groups in total.